The fourth-order valence-electron chi connectivity index (χ4n) is 3.69. The number of rotatable bonds is 12. The number of hydrogen-bond acceptors (Lipinski definition) is 7. The van der Waals surface area contributed by atoms with Gasteiger partial charge in [0.2, 0.25) is 5.91 Å². The second kappa shape index (κ2) is 12.7. The first-order valence-electron chi connectivity index (χ1n) is 11.8. The summed E-state index contributed by atoms with van der Waals surface area (Å²) in [5, 5.41) is 6.23. The van der Waals surface area contributed by atoms with Crippen molar-refractivity contribution in [1.82, 2.24) is 15.2 Å². The third-order valence-corrected chi connectivity index (χ3v) is 5.38. The van der Waals surface area contributed by atoms with E-state index in [9.17, 15) is 9.59 Å². The van der Waals surface area contributed by atoms with E-state index in [-0.39, 0.29) is 11.9 Å². The Labute approximate surface area is 192 Å². The number of nitrogens with zero attached hydrogens (tertiary/aromatic N) is 2. The molecular formula is C24H41N5O3. The number of aromatic nitrogens is 1. The van der Waals surface area contributed by atoms with Gasteiger partial charge < -0.3 is 26.0 Å². The van der Waals surface area contributed by atoms with E-state index in [0.717, 1.165) is 56.8 Å². The van der Waals surface area contributed by atoms with Gasteiger partial charge in [-0.25, -0.2) is 4.98 Å². The molecule has 2 heterocycles. The second-order valence-electron chi connectivity index (χ2n) is 9.55. The van der Waals surface area contributed by atoms with Crippen molar-refractivity contribution in [1.29, 1.82) is 0 Å². The first-order chi connectivity index (χ1) is 15.1. The smallest absolute Gasteiger partial charge is 0.323 e. The fourth-order valence-corrected chi connectivity index (χ4v) is 3.69. The van der Waals surface area contributed by atoms with E-state index >= 15 is 0 Å². The van der Waals surface area contributed by atoms with Crippen LogP contribution in [0.25, 0.3) is 0 Å². The van der Waals surface area contributed by atoms with Crippen LogP contribution in [0.4, 0.5) is 5.82 Å². The van der Waals surface area contributed by atoms with Crippen LogP contribution in [0.2, 0.25) is 0 Å². The molecular weight excluding hydrogens is 406 g/mol. The van der Waals surface area contributed by atoms with Crippen LogP contribution < -0.4 is 16.4 Å². The standard InChI is InChI=1S/C24H41N5O3/c1-18(30)26-14-17-29(16-12-21(25)23(31)32-24(2,3)4)15-6-5-9-20-11-10-19-8-7-13-27-22(19)28-20/h10-11,21H,5-9,12-17,25H2,1-4H3,(H,26,30)(H,27,28)/t21-/m0/s1. The van der Waals surface area contributed by atoms with Gasteiger partial charge in [-0.3, -0.25) is 9.59 Å². The van der Waals surface area contributed by atoms with Gasteiger partial charge in [0.25, 0.3) is 0 Å². The van der Waals surface area contributed by atoms with Crippen LogP contribution in [0.15, 0.2) is 12.1 Å². The maximum Gasteiger partial charge on any atom is 0.323 e. The Morgan fingerprint density at radius 3 is 2.75 bits per heavy atom. The summed E-state index contributed by atoms with van der Waals surface area (Å²) in [4.78, 5) is 30.4. The number of hydrogen-bond donors (Lipinski definition) is 3. The highest BCUT2D eigenvalue weighted by Crippen LogP contribution is 2.20. The summed E-state index contributed by atoms with van der Waals surface area (Å²) in [6.45, 7) is 10.9. The zero-order chi connectivity index (χ0) is 23.6. The van der Waals surface area contributed by atoms with E-state index in [1.54, 1.807) is 0 Å². The van der Waals surface area contributed by atoms with Gasteiger partial charge in [0.05, 0.1) is 0 Å². The first-order valence-corrected chi connectivity index (χ1v) is 11.8. The van der Waals surface area contributed by atoms with Gasteiger partial charge in [-0.05, 0) is 77.5 Å². The van der Waals surface area contributed by atoms with Gasteiger partial charge >= 0.3 is 5.97 Å². The lowest BCUT2D eigenvalue weighted by Crippen LogP contribution is -2.41. The molecule has 0 saturated heterocycles. The third-order valence-electron chi connectivity index (χ3n) is 5.38. The van der Waals surface area contributed by atoms with Gasteiger partial charge in [-0.15, -0.1) is 0 Å². The topological polar surface area (TPSA) is 110 Å². The fraction of sp³-hybridized carbons (Fsp3) is 0.708. The highest BCUT2D eigenvalue weighted by atomic mass is 16.6. The maximum absolute atomic E-state index is 12.2. The molecule has 180 valence electrons. The van der Waals surface area contributed by atoms with Crippen molar-refractivity contribution in [3.8, 4) is 0 Å². The number of ether oxygens (including phenoxy) is 1. The Balaban J connectivity index is 1.78. The SMILES string of the molecule is CC(=O)NCCN(CCCCc1ccc2c(n1)NCCC2)CC[C@H](N)C(=O)OC(C)(C)C. The van der Waals surface area contributed by atoms with Crippen molar-refractivity contribution >= 4 is 17.7 Å². The van der Waals surface area contributed by atoms with Crippen LogP contribution in [-0.2, 0) is 27.2 Å². The maximum atomic E-state index is 12.2. The van der Waals surface area contributed by atoms with Gasteiger partial charge in [0.15, 0.2) is 0 Å². The number of amides is 1. The summed E-state index contributed by atoms with van der Waals surface area (Å²) in [6.07, 6.45) is 5.76. The van der Waals surface area contributed by atoms with E-state index in [0.29, 0.717) is 19.5 Å². The number of unbranched alkanes of at least 4 members (excludes halogenated alkanes) is 1. The van der Waals surface area contributed by atoms with Crippen LogP contribution in [0.1, 0.15) is 64.6 Å². The Bertz CT molecular complexity index is 748. The summed E-state index contributed by atoms with van der Waals surface area (Å²) in [7, 11) is 0. The van der Waals surface area contributed by atoms with E-state index in [2.05, 4.69) is 27.7 Å². The third kappa shape index (κ3) is 9.96. The number of nitrogens with two attached hydrogens (primary N) is 1. The van der Waals surface area contributed by atoms with Crippen molar-refractivity contribution in [2.75, 3.05) is 38.0 Å². The lowest BCUT2D eigenvalue weighted by atomic mass is 10.1. The Hall–Kier alpha value is -2.19. The zero-order valence-electron chi connectivity index (χ0n) is 20.2. The molecule has 1 aliphatic rings. The molecule has 0 aromatic carbocycles. The predicted molar refractivity (Wildman–Crippen MR) is 128 cm³/mol. The summed E-state index contributed by atoms with van der Waals surface area (Å²) in [5.41, 5.74) is 7.94. The van der Waals surface area contributed by atoms with E-state index in [4.69, 9.17) is 15.5 Å². The number of aryl methyl sites for hydroxylation is 2. The summed E-state index contributed by atoms with van der Waals surface area (Å²) >= 11 is 0. The number of carbonyl (C=O) groups excluding carboxylic acids is 2. The molecule has 1 amide bonds. The van der Waals surface area contributed by atoms with Crippen molar-refractivity contribution in [3.63, 3.8) is 0 Å². The molecule has 0 spiro atoms. The molecule has 0 radical (unpaired) electrons. The number of nitrogens with one attached hydrogen (secondary N) is 2. The molecule has 1 aliphatic heterocycles. The Morgan fingerprint density at radius 1 is 1.25 bits per heavy atom. The van der Waals surface area contributed by atoms with Crippen molar-refractivity contribution in [3.05, 3.63) is 23.4 Å². The minimum Gasteiger partial charge on any atom is -0.459 e. The molecule has 8 nitrogen and oxygen atoms in total. The lowest BCUT2D eigenvalue weighted by molar-refractivity contribution is -0.156. The van der Waals surface area contributed by atoms with E-state index in [1.165, 1.54) is 18.9 Å². The number of carbonyl (C=O) groups is 2. The van der Waals surface area contributed by atoms with Gasteiger partial charge in [0, 0.05) is 38.8 Å². The van der Waals surface area contributed by atoms with Gasteiger partial charge in [-0.2, -0.15) is 0 Å². The van der Waals surface area contributed by atoms with Crippen LogP contribution in [-0.4, -0.2) is 66.1 Å². The van der Waals surface area contributed by atoms with Crippen LogP contribution >= 0.6 is 0 Å². The normalized spacial score (nSPS) is 14.4. The van der Waals surface area contributed by atoms with Crippen LogP contribution in [0, 0.1) is 0 Å². The molecule has 1 aromatic rings. The molecule has 0 bridgehead atoms. The van der Waals surface area contributed by atoms with Crippen LogP contribution in [0.3, 0.4) is 0 Å². The number of anilines is 1. The molecule has 1 aromatic heterocycles. The summed E-state index contributed by atoms with van der Waals surface area (Å²) < 4.78 is 5.38. The monoisotopic (exact) mass is 447 g/mol. The minimum atomic E-state index is -0.648. The molecule has 0 unspecified atom stereocenters. The number of esters is 1. The van der Waals surface area contributed by atoms with Crippen molar-refractivity contribution < 1.29 is 14.3 Å². The Kier molecular flexibility index (Phi) is 10.4. The Morgan fingerprint density at radius 2 is 2.03 bits per heavy atom. The molecule has 4 N–H and O–H groups in total. The highest BCUT2D eigenvalue weighted by molar-refractivity contribution is 5.75. The number of pyridine rings is 1. The number of fused-ring (bicyclic) bond motifs is 1. The molecule has 1 atom stereocenters. The van der Waals surface area contributed by atoms with Crippen LogP contribution in [0.5, 0.6) is 0 Å². The van der Waals surface area contributed by atoms with E-state index < -0.39 is 11.6 Å². The lowest BCUT2D eigenvalue weighted by Gasteiger charge is -2.25. The molecule has 2 rings (SSSR count). The predicted octanol–water partition coefficient (Wildman–Crippen LogP) is 2.26. The largest absolute Gasteiger partial charge is 0.459 e. The molecule has 32 heavy (non-hydrogen) atoms. The molecule has 0 saturated carbocycles. The van der Waals surface area contributed by atoms with E-state index in [1.807, 2.05) is 20.8 Å². The minimum absolute atomic E-state index is 0.0394. The quantitative estimate of drug-likeness (QED) is 0.333. The van der Waals surface area contributed by atoms with Crippen molar-refractivity contribution in [2.24, 2.45) is 5.73 Å². The average Bonchev–Trinajstić information content (AvgIpc) is 2.72. The summed E-state index contributed by atoms with van der Waals surface area (Å²) in [5.74, 6) is 0.635. The first kappa shape index (κ1) is 26.1. The highest BCUT2D eigenvalue weighted by Gasteiger charge is 2.22. The molecule has 0 aliphatic carbocycles. The molecule has 8 heteroatoms. The summed E-state index contributed by atoms with van der Waals surface area (Å²) in [6, 6.07) is 3.69. The van der Waals surface area contributed by atoms with Gasteiger partial charge in [0.1, 0.15) is 17.5 Å². The van der Waals surface area contributed by atoms with Crippen molar-refractivity contribution in [2.45, 2.75) is 77.9 Å². The molecule has 0 fully saturated rings. The van der Waals surface area contributed by atoms with Gasteiger partial charge in [-0.1, -0.05) is 6.07 Å². The zero-order valence-corrected chi connectivity index (χ0v) is 20.2. The average molecular weight is 448 g/mol. The second-order valence-corrected chi connectivity index (χ2v) is 9.55.